The van der Waals surface area contributed by atoms with Crippen LogP contribution < -0.4 is 10.6 Å². The van der Waals surface area contributed by atoms with Gasteiger partial charge in [0.2, 0.25) is 0 Å². The molecule has 2 heterocycles. The molecule has 126 valence electrons. The topological polar surface area (TPSA) is 64.7 Å². The molecule has 0 spiro atoms. The van der Waals surface area contributed by atoms with Crippen LogP contribution in [0.3, 0.4) is 0 Å². The van der Waals surface area contributed by atoms with Crippen molar-refractivity contribution >= 4 is 11.8 Å². The highest BCUT2D eigenvalue weighted by molar-refractivity contribution is 5.94. The standard InChI is InChI=1S/C9H14N2O.C8H12N2O/c1-6(2)11-5-7(3)9(12)10-8(11)4;1-6(2)10-5-4-8(11)9-7(10)3/h5-6H,4H2,1-3H3,(H,10,12);4-6H,3H2,1-2H3,(H,9,11). The van der Waals surface area contributed by atoms with Gasteiger partial charge in [-0.3, -0.25) is 9.59 Å². The predicted octanol–water partition coefficient (Wildman–Crippen LogP) is 2.01. The van der Waals surface area contributed by atoms with Crippen LogP contribution in [0.4, 0.5) is 0 Å². The Morgan fingerprint density at radius 3 is 1.96 bits per heavy atom. The Balaban J connectivity index is 0.000000231. The summed E-state index contributed by atoms with van der Waals surface area (Å²) in [5.74, 6) is 1.14. The lowest BCUT2D eigenvalue weighted by Crippen LogP contribution is -2.40. The fraction of sp³-hybridized carbons (Fsp3) is 0.412. The van der Waals surface area contributed by atoms with Crippen molar-refractivity contribution in [1.82, 2.24) is 20.4 Å². The molecule has 0 aromatic rings. The Morgan fingerprint density at radius 1 is 0.957 bits per heavy atom. The molecule has 0 radical (unpaired) electrons. The second-order valence-corrected chi connectivity index (χ2v) is 5.97. The van der Waals surface area contributed by atoms with E-state index in [9.17, 15) is 9.59 Å². The average molecular weight is 318 g/mol. The van der Waals surface area contributed by atoms with Gasteiger partial charge in [0.1, 0.15) is 11.6 Å². The molecule has 6 heteroatoms. The minimum Gasteiger partial charge on any atom is -0.332 e. The van der Waals surface area contributed by atoms with Gasteiger partial charge in [-0.2, -0.15) is 0 Å². The molecule has 0 aliphatic carbocycles. The highest BCUT2D eigenvalue weighted by Gasteiger charge is 2.19. The summed E-state index contributed by atoms with van der Waals surface area (Å²) in [5, 5.41) is 5.30. The Bertz CT molecular complexity index is 573. The van der Waals surface area contributed by atoms with Crippen LogP contribution in [-0.2, 0) is 9.59 Å². The molecule has 0 saturated carbocycles. The fourth-order valence-electron chi connectivity index (χ4n) is 2.07. The molecule has 0 atom stereocenters. The summed E-state index contributed by atoms with van der Waals surface area (Å²) >= 11 is 0. The fourth-order valence-corrected chi connectivity index (χ4v) is 2.07. The number of hydrogen-bond donors (Lipinski definition) is 2. The van der Waals surface area contributed by atoms with Gasteiger partial charge >= 0.3 is 0 Å². The zero-order chi connectivity index (χ0) is 17.7. The molecule has 23 heavy (non-hydrogen) atoms. The van der Waals surface area contributed by atoms with Crippen LogP contribution in [0.25, 0.3) is 0 Å². The first kappa shape index (κ1) is 18.5. The van der Waals surface area contributed by atoms with E-state index in [0.29, 0.717) is 23.7 Å². The van der Waals surface area contributed by atoms with E-state index in [2.05, 4.69) is 23.8 Å². The van der Waals surface area contributed by atoms with Gasteiger partial charge in [0.25, 0.3) is 11.8 Å². The van der Waals surface area contributed by atoms with Crippen LogP contribution in [-0.4, -0.2) is 33.7 Å². The van der Waals surface area contributed by atoms with E-state index in [4.69, 9.17) is 0 Å². The summed E-state index contributed by atoms with van der Waals surface area (Å²) < 4.78 is 0. The Morgan fingerprint density at radius 2 is 1.48 bits per heavy atom. The Labute approximate surface area is 138 Å². The van der Waals surface area contributed by atoms with Crippen LogP contribution >= 0.6 is 0 Å². The maximum absolute atomic E-state index is 11.1. The van der Waals surface area contributed by atoms with Crippen molar-refractivity contribution in [3.8, 4) is 0 Å². The lowest BCUT2D eigenvalue weighted by atomic mass is 10.2. The van der Waals surface area contributed by atoms with Crippen molar-refractivity contribution in [3.63, 3.8) is 0 Å². The number of carbonyl (C=O) groups excluding carboxylic acids is 2. The molecule has 2 aliphatic rings. The largest absolute Gasteiger partial charge is 0.332 e. The summed E-state index contributed by atoms with van der Waals surface area (Å²) in [4.78, 5) is 25.7. The monoisotopic (exact) mass is 318 g/mol. The molecule has 2 aliphatic heterocycles. The summed E-state index contributed by atoms with van der Waals surface area (Å²) in [6, 6.07) is 0.660. The first-order valence-electron chi connectivity index (χ1n) is 7.57. The van der Waals surface area contributed by atoms with Crippen LogP contribution in [0.1, 0.15) is 34.6 Å². The minimum absolute atomic E-state index is 0.0584. The van der Waals surface area contributed by atoms with Gasteiger partial charge in [-0.05, 0) is 34.6 Å². The zero-order valence-electron chi connectivity index (χ0n) is 14.5. The lowest BCUT2D eigenvalue weighted by molar-refractivity contribution is -0.118. The van der Waals surface area contributed by atoms with Gasteiger partial charge in [0, 0.05) is 36.1 Å². The first-order chi connectivity index (χ1) is 10.6. The van der Waals surface area contributed by atoms with E-state index in [1.54, 1.807) is 13.1 Å². The second kappa shape index (κ2) is 7.67. The van der Waals surface area contributed by atoms with Crippen LogP contribution in [0.15, 0.2) is 48.8 Å². The van der Waals surface area contributed by atoms with Crippen molar-refractivity contribution in [2.45, 2.75) is 46.7 Å². The normalized spacial score (nSPS) is 17.8. The summed E-state index contributed by atoms with van der Waals surface area (Å²) in [6.45, 7) is 17.4. The van der Waals surface area contributed by atoms with E-state index in [-0.39, 0.29) is 11.8 Å². The van der Waals surface area contributed by atoms with E-state index >= 15 is 0 Å². The van der Waals surface area contributed by atoms with Gasteiger partial charge in [-0.15, -0.1) is 0 Å². The highest BCUT2D eigenvalue weighted by Crippen LogP contribution is 2.13. The molecule has 2 rings (SSSR count). The SMILES string of the molecule is C=C1NC(=O)C(C)=CN1C(C)C.C=C1NC(=O)C=CN1C(C)C. The smallest absolute Gasteiger partial charge is 0.253 e. The summed E-state index contributed by atoms with van der Waals surface area (Å²) in [7, 11) is 0. The molecular weight excluding hydrogens is 292 g/mol. The second-order valence-electron chi connectivity index (χ2n) is 5.97. The van der Waals surface area contributed by atoms with Crippen LogP contribution in [0.5, 0.6) is 0 Å². The number of carbonyl (C=O) groups is 2. The van der Waals surface area contributed by atoms with E-state index in [1.165, 1.54) is 6.08 Å². The van der Waals surface area contributed by atoms with Crippen LogP contribution in [0.2, 0.25) is 0 Å². The maximum Gasteiger partial charge on any atom is 0.253 e. The van der Waals surface area contributed by atoms with Gasteiger partial charge in [-0.1, -0.05) is 13.2 Å². The third-order valence-electron chi connectivity index (χ3n) is 3.34. The van der Waals surface area contributed by atoms with Crippen molar-refractivity contribution < 1.29 is 9.59 Å². The first-order valence-corrected chi connectivity index (χ1v) is 7.57. The molecule has 0 aromatic heterocycles. The molecule has 2 amide bonds. The molecular formula is C17H26N4O2. The van der Waals surface area contributed by atoms with Gasteiger partial charge in [0.15, 0.2) is 0 Å². The molecule has 0 unspecified atom stereocenters. The average Bonchev–Trinajstić information content (AvgIpc) is 2.42. The van der Waals surface area contributed by atoms with Gasteiger partial charge in [-0.25, -0.2) is 0 Å². The number of nitrogens with zero attached hydrogens (tertiary/aromatic N) is 2. The van der Waals surface area contributed by atoms with Crippen LogP contribution in [0, 0.1) is 0 Å². The Hall–Kier alpha value is -2.50. The molecule has 6 nitrogen and oxygen atoms in total. The predicted molar refractivity (Wildman–Crippen MR) is 91.4 cm³/mol. The summed E-state index contributed by atoms with van der Waals surface area (Å²) in [5.41, 5.74) is 0.719. The number of amides is 2. The molecule has 2 N–H and O–H groups in total. The quantitative estimate of drug-likeness (QED) is 0.817. The number of nitrogens with one attached hydrogen (secondary N) is 2. The maximum atomic E-state index is 11.1. The number of hydrogen-bond acceptors (Lipinski definition) is 4. The minimum atomic E-state index is -0.105. The molecule has 0 fully saturated rings. The Kier molecular flexibility index (Phi) is 6.18. The van der Waals surface area contributed by atoms with E-state index < -0.39 is 0 Å². The molecule has 0 saturated heterocycles. The van der Waals surface area contributed by atoms with Gasteiger partial charge < -0.3 is 20.4 Å². The third kappa shape index (κ3) is 5.02. The summed E-state index contributed by atoms with van der Waals surface area (Å²) in [6.07, 6.45) is 5.06. The van der Waals surface area contributed by atoms with Gasteiger partial charge in [0.05, 0.1) is 0 Å². The van der Waals surface area contributed by atoms with Crippen molar-refractivity contribution in [2.24, 2.45) is 0 Å². The van der Waals surface area contributed by atoms with E-state index in [0.717, 1.165) is 5.57 Å². The highest BCUT2D eigenvalue weighted by atomic mass is 16.2. The number of rotatable bonds is 2. The van der Waals surface area contributed by atoms with Crippen molar-refractivity contribution in [1.29, 1.82) is 0 Å². The van der Waals surface area contributed by atoms with Crippen molar-refractivity contribution in [3.05, 3.63) is 48.8 Å². The third-order valence-corrected chi connectivity index (χ3v) is 3.34. The van der Waals surface area contributed by atoms with Crippen molar-refractivity contribution in [2.75, 3.05) is 0 Å². The lowest BCUT2D eigenvalue weighted by Gasteiger charge is -2.31. The zero-order valence-corrected chi connectivity index (χ0v) is 14.5. The molecule has 0 bridgehead atoms. The van der Waals surface area contributed by atoms with E-state index in [1.807, 2.05) is 43.7 Å². The molecule has 0 aromatic carbocycles.